The number of rotatable bonds is 5. The molecular formula is C12H18O3. The van der Waals surface area contributed by atoms with Crippen LogP contribution >= 0.6 is 0 Å². The Labute approximate surface area is 90.3 Å². The van der Waals surface area contributed by atoms with Crippen molar-refractivity contribution in [3.05, 3.63) is 24.3 Å². The lowest BCUT2D eigenvalue weighted by Crippen LogP contribution is -2.38. The van der Waals surface area contributed by atoms with E-state index in [1.807, 2.05) is 13.8 Å². The lowest BCUT2D eigenvalue weighted by Gasteiger charge is -2.30. The average molecular weight is 210 g/mol. The fourth-order valence-corrected chi connectivity index (χ4v) is 1.43. The number of aliphatic hydroxyl groups is 1. The van der Waals surface area contributed by atoms with Gasteiger partial charge in [0.25, 0.3) is 0 Å². The van der Waals surface area contributed by atoms with Crippen molar-refractivity contribution in [2.24, 2.45) is 0 Å². The second-order valence-corrected chi connectivity index (χ2v) is 3.62. The van der Waals surface area contributed by atoms with Crippen molar-refractivity contribution >= 4 is 0 Å². The van der Waals surface area contributed by atoms with Crippen LogP contribution in [0.2, 0.25) is 0 Å². The van der Waals surface area contributed by atoms with Gasteiger partial charge in [-0.15, -0.1) is 0 Å². The zero-order chi connectivity index (χ0) is 11.3. The Kier molecular flexibility index (Phi) is 3.97. The number of phenolic OH excluding ortho intramolecular Hbond substituents is 1. The van der Waals surface area contributed by atoms with Crippen LogP contribution in [0.15, 0.2) is 24.3 Å². The van der Waals surface area contributed by atoms with Gasteiger partial charge in [-0.25, -0.2) is 0 Å². The van der Waals surface area contributed by atoms with E-state index in [0.717, 1.165) is 0 Å². The maximum atomic E-state index is 9.55. The van der Waals surface area contributed by atoms with E-state index in [-0.39, 0.29) is 12.4 Å². The molecule has 0 bridgehead atoms. The molecule has 0 amide bonds. The summed E-state index contributed by atoms with van der Waals surface area (Å²) in [5.74, 6) is 0.535. The maximum Gasteiger partial charge on any atom is 0.161 e. The van der Waals surface area contributed by atoms with Gasteiger partial charge in [0.1, 0.15) is 5.60 Å². The molecule has 0 aliphatic rings. The Bertz CT molecular complexity index is 297. The second-order valence-electron chi connectivity index (χ2n) is 3.62. The van der Waals surface area contributed by atoms with Gasteiger partial charge in [0, 0.05) is 0 Å². The van der Waals surface area contributed by atoms with Crippen LogP contribution in [-0.2, 0) is 0 Å². The van der Waals surface area contributed by atoms with Crippen molar-refractivity contribution in [2.75, 3.05) is 6.61 Å². The normalized spacial score (nSPS) is 11.4. The Morgan fingerprint density at radius 3 is 2.27 bits per heavy atom. The molecule has 15 heavy (non-hydrogen) atoms. The number of benzene rings is 1. The zero-order valence-corrected chi connectivity index (χ0v) is 9.23. The molecule has 0 unspecified atom stereocenters. The van der Waals surface area contributed by atoms with E-state index < -0.39 is 5.60 Å². The fourth-order valence-electron chi connectivity index (χ4n) is 1.43. The highest BCUT2D eigenvalue weighted by Gasteiger charge is 2.28. The largest absolute Gasteiger partial charge is 0.504 e. The van der Waals surface area contributed by atoms with E-state index in [1.165, 1.54) is 0 Å². The van der Waals surface area contributed by atoms with Crippen LogP contribution in [0, 0.1) is 0 Å². The lowest BCUT2D eigenvalue weighted by atomic mass is 9.98. The van der Waals surface area contributed by atoms with Crippen molar-refractivity contribution in [1.82, 2.24) is 0 Å². The van der Waals surface area contributed by atoms with Crippen molar-refractivity contribution in [2.45, 2.75) is 32.3 Å². The average Bonchev–Trinajstić information content (AvgIpc) is 2.29. The first-order valence-electron chi connectivity index (χ1n) is 5.25. The minimum absolute atomic E-state index is 0.0473. The predicted molar refractivity (Wildman–Crippen MR) is 59.1 cm³/mol. The molecular weight excluding hydrogens is 192 g/mol. The van der Waals surface area contributed by atoms with Crippen LogP contribution < -0.4 is 4.74 Å². The van der Waals surface area contributed by atoms with Crippen molar-refractivity contribution in [3.63, 3.8) is 0 Å². The van der Waals surface area contributed by atoms with Gasteiger partial charge in [0.05, 0.1) is 6.61 Å². The van der Waals surface area contributed by atoms with Gasteiger partial charge in [-0.05, 0) is 25.0 Å². The van der Waals surface area contributed by atoms with Crippen molar-refractivity contribution < 1.29 is 14.9 Å². The molecule has 0 fully saturated rings. The highest BCUT2D eigenvalue weighted by atomic mass is 16.5. The SMILES string of the molecule is CCC(CC)(CO)Oc1ccccc1O. The van der Waals surface area contributed by atoms with Crippen LogP contribution in [0.1, 0.15) is 26.7 Å². The van der Waals surface area contributed by atoms with E-state index in [1.54, 1.807) is 24.3 Å². The third-order valence-corrected chi connectivity index (χ3v) is 2.77. The number of aliphatic hydroxyl groups excluding tert-OH is 1. The summed E-state index contributed by atoms with van der Waals surface area (Å²) >= 11 is 0. The van der Waals surface area contributed by atoms with Crippen LogP contribution in [0.25, 0.3) is 0 Å². The molecule has 3 heteroatoms. The standard InChI is InChI=1S/C12H18O3/c1-3-12(4-2,9-13)15-11-8-6-5-7-10(11)14/h5-8,13-14H,3-4,9H2,1-2H3. The Morgan fingerprint density at radius 1 is 1.20 bits per heavy atom. The summed E-state index contributed by atoms with van der Waals surface area (Å²) in [5, 5.41) is 18.9. The summed E-state index contributed by atoms with van der Waals surface area (Å²) in [7, 11) is 0. The Balaban J connectivity index is 2.88. The van der Waals surface area contributed by atoms with Gasteiger partial charge in [-0.3, -0.25) is 0 Å². The van der Waals surface area contributed by atoms with Crippen LogP contribution in [0.5, 0.6) is 11.5 Å². The van der Waals surface area contributed by atoms with Gasteiger partial charge >= 0.3 is 0 Å². The summed E-state index contributed by atoms with van der Waals surface area (Å²) in [6.45, 7) is 3.87. The summed E-state index contributed by atoms with van der Waals surface area (Å²) in [6.07, 6.45) is 1.41. The van der Waals surface area contributed by atoms with Crippen LogP contribution in [-0.4, -0.2) is 22.4 Å². The summed E-state index contributed by atoms with van der Waals surface area (Å²) in [5.41, 5.74) is -0.584. The van der Waals surface area contributed by atoms with Crippen LogP contribution in [0.4, 0.5) is 0 Å². The molecule has 0 aliphatic carbocycles. The fraction of sp³-hybridized carbons (Fsp3) is 0.500. The number of para-hydroxylation sites is 2. The molecule has 1 aromatic carbocycles. The first-order valence-corrected chi connectivity index (χ1v) is 5.25. The minimum atomic E-state index is -0.584. The van der Waals surface area contributed by atoms with Gasteiger partial charge in [-0.2, -0.15) is 0 Å². The first-order chi connectivity index (χ1) is 7.17. The molecule has 0 saturated heterocycles. The van der Waals surface area contributed by atoms with E-state index in [4.69, 9.17) is 4.74 Å². The first kappa shape index (κ1) is 11.9. The highest BCUT2D eigenvalue weighted by molar-refractivity contribution is 5.38. The summed E-state index contributed by atoms with van der Waals surface area (Å²) < 4.78 is 5.68. The van der Waals surface area contributed by atoms with Gasteiger partial charge in [-0.1, -0.05) is 26.0 Å². The van der Waals surface area contributed by atoms with Gasteiger partial charge < -0.3 is 14.9 Å². The number of aromatic hydroxyl groups is 1. The zero-order valence-electron chi connectivity index (χ0n) is 9.23. The lowest BCUT2D eigenvalue weighted by molar-refractivity contribution is 0.000992. The van der Waals surface area contributed by atoms with E-state index in [9.17, 15) is 10.2 Å². The Hall–Kier alpha value is -1.22. The van der Waals surface area contributed by atoms with Crippen molar-refractivity contribution in [1.29, 1.82) is 0 Å². The Morgan fingerprint density at radius 2 is 1.80 bits per heavy atom. The van der Waals surface area contributed by atoms with Gasteiger partial charge in [0.15, 0.2) is 11.5 Å². The molecule has 0 spiro atoms. The minimum Gasteiger partial charge on any atom is -0.504 e. The highest BCUT2D eigenvalue weighted by Crippen LogP contribution is 2.31. The summed E-state index contributed by atoms with van der Waals surface area (Å²) in [6, 6.07) is 6.80. The monoisotopic (exact) mass is 210 g/mol. The number of phenols is 1. The smallest absolute Gasteiger partial charge is 0.161 e. The molecule has 2 N–H and O–H groups in total. The number of hydrogen-bond donors (Lipinski definition) is 2. The van der Waals surface area contributed by atoms with E-state index >= 15 is 0 Å². The van der Waals surface area contributed by atoms with Gasteiger partial charge in [0.2, 0.25) is 0 Å². The molecule has 0 aromatic heterocycles. The molecule has 0 saturated carbocycles. The molecule has 1 rings (SSSR count). The third kappa shape index (κ3) is 2.63. The molecule has 1 aromatic rings. The molecule has 0 heterocycles. The molecule has 3 nitrogen and oxygen atoms in total. The van der Waals surface area contributed by atoms with Crippen LogP contribution in [0.3, 0.4) is 0 Å². The summed E-state index contributed by atoms with van der Waals surface area (Å²) in [4.78, 5) is 0. The predicted octanol–water partition coefficient (Wildman–Crippen LogP) is 2.32. The topological polar surface area (TPSA) is 49.7 Å². The quantitative estimate of drug-likeness (QED) is 0.784. The molecule has 0 aliphatic heterocycles. The molecule has 0 atom stereocenters. The van der Waals surface area contributed by atoms with E-state index in [2.05, 4.69) is 0 Å². The second kappa shape index (κ2) is 5.03. The number of ether oxygens (including phenoxy) is 1. The third-order valence-electron chi connectivity index (χ3n) is 2.77. The molecule has 0 radical (unpaired) electrons. The van der Waals surface area contributed by atoms with Crippen molar-refractivity contribution in [3.8, 4) is 11.5 Å². The molecule has 84 valence electrons. The number of hydrogen-bond acceptors (Lipinski definition) is 3. The van der Waals surface area contributed by atoms with E-state index in [0.29, 0.717) is 18.6 Å². The maximum absolute atomic E-state index is 9.55.